The van der Waals surface area contributed by atoms with E-state index < -0.39 is 0 Å². The quantitative estimate of drug-likeness (QED) is 0.148. The topological polar surface area (TPSA) is 185 Å². The minimum Gasteiger partial charge on any atom is -0.397 e. The van der Waals surface area contributed by atoms with Gasteiger partial charge in [-0.15, -0.1) is 0 Å². The third-order valence-corrected chi connectivity index (χ3v) is 8.03. The van der Waals surface area contributed by atoms with Gasteiger partial charge in [0.25, 0.3) is 0 Å². The monoisotopic (exact) mass is 628 g/mol. The Balaban J connectivity index is 0.00000300. The summed E-state index contributed by atoms with van der Waals surface area (Å²) in [6.45, 7) is 0. The average molecular weight is 629 g/mol. The summed E-state index contributed by atoms with van der Waals surface area (Å²) in [5.74, 6) is 1.89. The summed E-state index contributed by atoms with van der Waals surface area (Å²) in [4.78, 5) is 36.3. The molecule has 0 spiro atoms. The molecular formula is C33H19CoN11. The number of aromatic nitrogens is 8. The number of benzene rings is 4. The third-order valence-electron chi connectivity index (χ3n) is 8.03. The van der Waals surface area contributed by atoms with Crippen molar-refractivity contribution in [3.63, 3.8) is 0 Å². The van der Waals surface area contributed by atoms with Crippen LogP contribution < -0.4 is 11.5 Å². The molecule has 0 atom stereocenters. The normalized spacial score (nSPS) is 11.5. The van der Waals surface area contributed by atoms with Crippen molar-refractivity contribution < 1.29 is 16.8 Å². The molecule has 12 heteroatoms. The van der Waals surface area contributed by atoms with Crippen molar-refractivity contribution in [2.45, 2.75) is 0 Å². The Labute approximate surface area is 264 Å². The second-order valence-corrected chi connectivity index (χ2v) is 10.5. The Bertz CT molecular complexity index is 2610. The molecular weight excluding hydrogens is 609 g/mol. The zero-order valence-electron chi connectivity index (χ0n) is 23.1. The fourth-order valence-corrected chi connectivity index (χ4v) is 5.95. The van der Waals surface area contributed by atoms with E-state index in [1.807, 2.05) is 72.8 Å². The number of nitrogens with one attached hydrogen (secondary N) is 2. The van der Waals surface area contributed by atoms with E-state index in [1.54, 1.807) is 6.07 Å². The first kappa shape index (κ1) is 26.5. The summed E-state index contributed by atoms with van der Waals surface area (Å²) in [5, 5.41) is 13.0. The van der Waals surface area contributed by atoms with E-state index in [0.29, 0.717) is 56.7 Å². The van der Waals surface area contributed by atoms with Gasteiger partial charge in [-0.25, -0.2) is 29.9 Å². The summed E-state index contributed by atoms with van der Waals surface area (Å²) >= 11 is 0. The number of hydrogen-bond donors (Lipinski definition) is 4. The van der Waals surface area contributed by atoms with Crippen molar-refractivity contribution in [3.05, 3.63) is 84.4 Å². The summed E-state index contributed by atoms with van der Waals surface area (Å²) < 4.78 is 0. The Hall–Kier alpha value is -6.16. The van der Waals surface area contributed by atoms with E-state index in [-0.39, 0.29) is 33.7 Å². The second-order valence-electron chi connectivity index (χ2n) is 10.5. The molecule has 0 fully saturated rings. The first-order valence-electron chi connectivity index (χ1n) is 13.8. The van der Waals surface area contributed by atoms with Gasteiger partial charge in [0.1, 0.15) is 28.7 Å². The fourth-order valence-electron chi connectivity index (χ4n) is 5.95. The Morgan fingerprint density at radius 1 is 0.533 bits per heavy atom. The SMILES string of the molecule is N#Cc1c(N)c(N)cc2c3nc4nc(nc5[nH]c(nc6nc(nc([nH]3)c12)-c1ccccc1-6)c1ccccc51)-c1ccccc1-4.[Co]. The van der Waals surface area contributed by atoms with E-state index in [4.69, 9.17) is 41.4 Å². The van der Waals surface area contributed by atoms with E-state index in [2.05, 4.69) is 16.0 Å². The predicted octanol–water partition coefficient (Wildman–Crippen LogP) is 5.90. The molecule has 1 radical (unpaired) electrons. The van der Waals surface area contributed by atoms with Gasteiger partial charge in [0.05, 0.1) is 16.9 Å². The van der Waals surface area contributed by atoms with Gasteiger partial charge in [-0.3, -0.25) is 0 Å². The van der Waals surface area contributed by atoms with E-state index in [0.717, 1.165) is 33.0 Å². The number of fused-ring (bicyclic) bond motifs is 20. The number of rotatable bonds is 0. The number of nitrogens with zero attached hydrogens (tertiary/aromatic N) is 7. The summed E-state index contributed by atoms with van der Waals surface area (Å²) in [6.07, 6.45) is 0. The molecule has 4 aromatic carbocycles. The first-order valence-corrected chi connectivity index (χ1v) is 13.8. The number of nitriles is 1. The van der Waals surface area contributed by atoms with E-state index in [9.17, 15) is 5.26 Å². The van der Waals surface area contributed by atoms with Crippen LogP contribution in [0.1, 0.15) is 5.56 Å². The number of H-pyrrole nitrogens is 2. The summed E-state index contributed by atoms with van der Waals surface area (Å²) in [6, 6.07) is 27.4. The first-order chi connectivity index (χ1) is 21.6. The zero-order chi connectivity index (χ0) is 29.5. The summed E-state index contributed by atoms with van der Waals surface area (Å²) in [7, 11) is 0. The number of anilines is 2. The summed E-state index contributed by atoms with van der Waals surface area (Å²) in [5.41, 5.74) is 18.5. The van der Waals surface area contributed by atoms with Crippen LogP contribution in [0.5, 0.6) is 0 Å². The molecule has 0 saturated heterocycles. The van der Waals surface area contributed by atoms with Gasteiger partial charge >= 0.3 is 0 Å². The molecule has 0 amide bonds. The largest absolute Gasteiger partial charge is 0.397 e. The van der Waals surface area contributed by atoms with Crippen molar-refractivity contribution in [3.8, 4) is 51.6 Å². The van der Waals surface area contributed by atoms with Gasteiger partial charge in [-0.2, -0.15) is 5.26 Å². The maximum absolute atomic E-state index is 10.2. The van der Waals surface area contributed by atoms with Gasteiger partial charge in [0.15, 0.2) is 23.3 Å². The molecule has 215 valence electrons. The van der Waals surface area contributed by atoms with Crippen molar-refractivity contribution in [2.24, 2.45) is 0 Å². The van der Waals surface area contributed by atoms with Crippen LogP contribution in [0.25, 0.3) is 89.7 Å². The molecule has 5 heterocycles. The van der Waals surface area contributed by atoms with Gasteiger partial charge in [0, 0.05) is 60.6 Å². The number of nitrogens with two attached hydrogens (primary N) is 2. The Morgan fingerprint density at radius 2 is 0.933 bits per heavy atom. The fraction of sp³-hybridized carbons (Fsp3) is 0. The van der Waals surface area contributed by atoms with Gasteiger partial charge in [0.2, 0.25) is 0 Å². The molecule has 2 aliphatic heterocycles. The van der Waals surface area contributed by atoms with Gasteiger partial charge < -0.3 is 21.4 Å². The van der Waals surface area contributed by atoms with Crippen LogP contribution in [-0.4, -0.2) is 39.9 Å². The Morgan fingerprint density at radius 3 is 1.40 bits per heavy atom. The number of aromatic amines is 2. The Kier molecular flexibility index (Phi) is 5.69. The minimum absolute atomic E-state index is 0. The maximum atomic E-state index is 10.2. The maximum Gasteiger partial charge on any atom is 0.164 e. The molecule has 8 bridgehead atoms. The molecule has 6 N–H and O–H groups in total. The van der Waals surface area contributed by atoms with Gasteiger partial charge in [-0.05, 0) is 6.07 Å². The van der Waals surface area contributed by atoms with Crippen molar-refractivity contribution >= 4 is 55.5 Å². The number of nitrogen functional groups attached to an aromatic ring is 2. The minimum atomic E-state index is 0. The second kappa shape index (κ2) is 9.68. The average Bonchev–Trinajstić information content (AvgIpc) is 3.77. The van der Waals surface area contributed by atoms with E-state index >= 15 is 0 Å². The smallest absolute Gasteiger partial charge is 0.164 e. The molecule has 9 rings (SSSR count). The van der Waals surface area contributed by atoms with Crippen LogP contribution in [0.3, 0.4) is 0 Å². The molecule has 2 aliphatic rings. The molecule has 3 aromatic heterocycles. The van der Waals surface area contributed by atoms with E-state index in [1.165, 1.54) is 0 Å². The standard InChI is InChI=1S/C33H19N11.Co/c34-14-22-24-21(13-23(35)25(22)36)32-42-30-18-10-4-3-9-17(18)28(40-30)38-26-15-7-1-2-8-16(15)27(37-26)39-29-19-11-5-6-12-20(19)31(41-29)43-33(24)44-32;/h1-13H,35-36H2,(H2,37,38,39,40,41,42,43,44);. The molecule has 0 unspecified atom stereocenters. The predicted molar refractivity (Wildman–Crippen MR) is 170 cm³/mol. The van der Waals surface area contributed by atoms with Crippen molar-refractivity contribution in [1.82, 2.24) is 39.9 Å². The molecule has 7 aromatic rings. The van der Waals surface area contributed by atoms with Crippen LogP contribution in [-0.2, 0) is 16.8 Å². The van der Waals surface area contributed by atoms with Crippen LogP contribution in [0.4, 0.5) is 11.4 Å². The third kappa shape index (κ3) is 3.82. The van der Waals surface area contributed by atoms with Crippen molar-refractivity contribution in [1.29, 1.82) is 5.26 Å². The van der Waals surface area contributed by atoms with Gasteiger partial charge in [-0.1, -0.05) is 72.8 Å². The van der Waals surface area contributed by atoms with Crippen LogP contribution in [0.15, 0.2) is 78.9 Å². The van der Waals surface area contributed by atoms with Crippen LogP contribution in [0.2, 0.25) is 0 Å². The molecule has 0 saturated carbocycles. The van der Waals surface area contributed by atoms with Crippen LogP contribution >= 0.6 is 0 Å². The molecule has 11 nitrogen and oxygen atoms in total. The number of hydrogen-bond acceptors (Lipinski definition) is 9. The zero-order valence-corrected chi connectivity index (χ0v) is 24.2. The van der Waals surface area contributed by atoms with Crippen LogP contribution in [0, 0.1) is 11.3 Å². The molecule has 0 aliphatic carbocycles. The molecule has 45 heavy (non-hydrogen) atoms. The van der Waals surface area contributed by atoms with Crippen molar-refractivity contribution in [2.75, 3.05) is 11.5 Å².